The predicted molar refractivity (Wildman–Crippen MR) is 127 cm³/mol. The van der Waals surface area contributed by atoms with Crippen LogP contribution < -0.4 is 0 Å². The highest BCUT2D eigenvalue weighted by Gasteiger charge is 2.42. The Morgan fingerprint density at radius 1 is 1.29 bits per heavy atom. The van der Waals surface area contributed by atoms with Crippen LogP contribution in [-0.2, 0) is 14.9 Å². The van der Waals surface area contributed by atoms with Crippen molar-refractivity contribution in [2.45, 2.75) is 77.7 Å². The zero-order chi connectivity index (χ0) is 20.7. The maximum Gasteiger partial charge on any atom is 0.333 e. The number of benzene rings is 1. The molecule has 1 aromatic rings. The Labute approximate surface area is 185 Å². The van der Waals surface area contributed by atoms with E-state index >= 15 is 0 Å². The van der Waals surface area contributed by atoms with Gasteiger partial charge >= 0.3 is 5.97 Å². The van der Waals surface area contributed by atoms with Gasteiger partial charge in [0.25, 0.3) is 0 Å². The van der Waals surface area contributed by atoms with Crippen molar-refractivity contribution < 1.29 is 9.53 Å². The number of hydrogen-bond donors (Lipinski definition) is 0. The first kappa shape index (κ1) is 23.2. The fourth-order valence-electron chi connectivity index (χ4n) is 4.29. The van der Waals surface area contributed by atoms with Gasteiger partial charge in [-0.1, -0.05) is 70.2 Å². The SMILES string of the molecule is C=C(I)CCC/C=C(\C)C(=O)O[C@@H]1C[C@H](C)CC[C@H]1C(C)(C)c1ccccc1. The molecule has 3 heteroatoms. The Morgan fingerprint density at radius 2 is 1.96 bits per heavy atom. The van der Waals surface area contributed by atoms with Crippen molar-refractivity contribution in [3.8, 4) is 0 Å². The molecular weight excluding hydrogens is 459 g/mol. The van der Waals surface area contributed by atoms with Gasteiger partial charge in [-0.15, -0.1) is 0 Å². The molecule has 1 aromatic carbocycles. The molecule has 0 saturated heterocycles. The Kier molecular flexibility index (Phi) is 8.79. The van der Waals surface area contributed by atoms with Crippen LogP contribution in [-0.4, -0.2) is 12.1 Å². The second-order valence-electron chi connectivity index (χ2n) is 8.85. The van der Waals surface area contributed by atoms with Crippen LogP contribution >= 0.6 is 22.6 Å². The standard InChI is InChI=1S/C25H35IO2/c1-18-15-16-22(25(4,5)21-13-7-6-8-14-21)23(17-18)28-24(27)19(2)11-9-10-12-20(3)26/h6-8,11,13-14,18,22-23H,3,9-10,12,15-17H2,1-2,4-5H3/b19-11+/t18-,22-,23-/m1/s1. The quantitative estimate of drug-likeness (QED) is 0.163. The van der Waals surface area contributed by atoms with Gasteiger partial charge in [0.2, 0.25) is 0 Å². The molecule has 0 aromatic heterocycles. The Hall–Kier alpha value is -1.10. The average Bonchev–Trinajstić information content (AvgIpc) is 2.65. The molecule has 1 fully saturated rings. The first-order valence-electron chi connectivity index (χ1n) is 10.5. The van der Waals surface area contributed by atoms with Crippen molar-refractivity contribution >= 4 is 28.6 Å². The monoisotopic (exact) mass is 494 g/mol. The minimum atomic E-state index is -0.152. The molecule has 2 rings (SSSR count). The summed E-state index contributed by atoms with van der Waals surface area (Å²) < 4.78 is 7.26. The number of esters is 1. The third kappa shape index (κ3) is 6.47. The molecule has 1 aliphatic rings. The third-order valence-electron chi connectivity index (χ3n) is 6.18. The van der Waals surface area contributed by atoms with Gasteiger partial charge in [0.05, 0.1) is 0 Å². The molecule has 0 unspecified atom stereocenters. The molecule has 0 N–H and O–H groups in total. The third-order valence-corrected chi connectivity index (χ3v) is 6.72. The molecule has 0 bridgehead atoms. The van der Waals surface area contributed by atoms with Crippen LogP contribution in [0.15, 0.2) is 52.1 Å². The van der Waals surface area contributed by atoms with Gasteiger partial charge in [-0.25, -0.2) is 4.79 Å². The topological polar surface area (TPSA) is 26.3 Å². The van der Waals surface area contributed by atoms with Crippen LogP contribution in [0.5, 0.6) is 0 Å². The number of ether oxygens (including phenoxy) is 1. The fourth-order valence-corrected chi connectivity index (χ4v) is 4.67. The summed E-state index contributed by atoms with van der Waals surface area (Å²) in [6.07, 6.45) is 8.15. The lowest BCUT2D eigenvalue weighted by molar-refractivity contribution is -0.151. The second-order valence-corrected chi connectivity index (χ2v) is 10.4. The smallest absolute Gasteiger partial charge is 0.333 e. The van der Waals surface area contributed by atoms with E-state index in [0.29, 0.717) is 11.8 Å². The molecule has 1 aliphatic carbocycles. The van der Waals surface area contributed by atoms with Crippen LogP contribution in [0.25, 0.3) is 0 Å². The summed E-state index contributed by atoms with van der Waals surface area (Å²) in [4.78, 5) is 12.7. The van der Waals surface area contributed by atoms with Crippen LogP contribution in [0.3, 0.4) is 0 Å². The van der Waals surface area contributed by atoms with Crippen LogP contribution in [0.1, 0.15) is 71.8 Å². The van der Waals surface area contributed by atoms with Crippen molar-refractivity contribution in [1.29, 1.82) is 0 Å². The van der Waals surface area contributed by atoms with Gasteiger partial charge in [0.15, 0.2) is 0 Å². The van der Waals surface area contributed by atoms with Crippen molar-refractivity contribution in [1.82, 2.24) is 0 Å². The summed E-state index contributed by atoms with van der Waals surface area (Å²) in [6.45, 7) is 12.7. The maximum atomic E-state index is 12.7. The van der Waals surface area contributed by atoms with Gasteiger partial charge in [0, 0.05) is 11.5 Å². The number of halogens is 1. The number of unbranched alkanes of at least 4 members (excludes halogenated alkanes) is 1. The Bertz CT molecular complexity index is 690. The molecule has 0 heterocycles. The minimum Gasteiger partial charge on any atom is -0.459 e. The zero-order valence-electron chi connectivity index (χ0n) is 17.8. The highest BCUT2D eigenvalue weighted by Crippen LogP contribution is 2.43. The highest BCUT2D eigenvalue weighted by molar-refractivity contribution is 14.1. The summed E-state index contributed by atoms with van der Waals surface area (Å²) in [5, 5.41) is 0. The number of hydrogen-bond acceptors (Lipinski definition) is 2. The van der Waals surface area contributed by atoms with Gasteiger partial charge in [-0.3, -0.25) is 0 Å². The van der Waals surface area contributed by atoms with Gasteiger partial charge in [-0.2, -0.15) is 0 Å². The minimum absolute atomic E-state index is 0.0232. The summed E-state index contributed by atoms with van der Waals surface area (Å²) >= 11 is 2.26. The molecule has 3 atom stereocenters. The molecule has 28 heavy (non-hydrogen) atoms. The lowest BCUT2D eigenvalue weighted by Crippen LogP contribution is -2.43. The van der Waals surface area contributed by atoms with Crippen molar-refractivity contribution in [3.63, 3.8) is 0 Å². The van der Waals surface area contributed by atoms with Gasteiger partial charge in [-0.05, 0) is 82.1 Å². The molecule has 0 aliphatic heterocycles. The van der Waals surface area contributed by atoms with E-state index in [-0.39, 0.29) is 17.5 Å². The first-order chi connectivity index (χ1) is 13.2. The van der Waals surface area contributed by atoms with E-state index in [1.165, 1.54) is 12.0 Å². The average molecular weight is 494 g/mol. The molecular formula is C25H35IO2. The molecule has 0 spiro atoms. The molecule has 0 amide bonds. The largest absolute Gasteiger partial charge is 0.459 e. The van der Waals surface area contributed by atoms with E-state index in [0.717, 1.165) is 41.3 Å². The van der Waals surface area contributed by atoms with Crippen LogP contribution in [0, 0.1) is 11.8 Å². The van der Waals surface area contributed by atoms with E-state index in [1.54, 1.807) is 0 Å². The number of rotatable bonds is 8. The van der Waals surface area contributed by atoms with Gasteiger partial charge in [0.1, 0.15) is 6.10 Å². The first-order valence-corrected chi connectivity index (χ1v) is 11.6. The summed E-state index contributed by atoms with van der Waals surface area (Å²) in [5.74, 6) is 0.783. The normalized spacial score (nSPS) is 23.3. The zero-order valence-corrected chi connectivity index (χ0v) is 20.0. The summed E-state index contributed by atoms with van der Waals surface area (Å²) in [5.41, 5.74) is 2.03. The predicted octanol–water partition coefficient (Wildman–Crippen LogP) is 7.38. The Morgan fingerprint density at radius 3 is 2.61 bits per heavy atom. The summed E-state index contributed by atoms with van der Waals surface area (Å²) in [7, 11) is 0. The highest BCUT2D eigenvalue weighted by atomic mass is 127. The van der Waals surface area contributed by atoms with Crippen LogP contribution in [0.2, 0.25) is 0 Å². The fraction of sp³-hybridized carbons (Fsp3) is 0.560. The van der Waals surface area contributed by atoms with E-state index in [4.69, 9.17) is 4.74 Å². The number of allylic oxidation sites excluding steroid dienone is 2. The Balaban J connectivity index is 2.08. The summed E-state index contributed by atoms with van der Waals surface area (Å²) in [6, 6.07) is 10.6. The van der Waals surface area contributed by atoms with E-state index < -0.39 is 0 Å². The lowest BCUT2D eigenvalue weighted by Gasteiger charge is -2.44. The lowest BCUT2D eigenvalue weighted by atomic mass is 9.64. The van der Waals surface area contributed by atoms with E-state index in [9.17, 15) is 4.79 Å². The van der Waals surface area contributed by atoms with Crippen LogP contribution in [0.4, 0.5) is 0 Å². The molecule has 154 valence electrons. The van der Waals surface area contributed by atoms with Crippen molar-refractivity contribution in [2.75, 3.05) is 0 Å². The van der Waals surface area contributed by atoms with Crippen molar-refractivity contribution in [2.24, 2.45) is 11.8 Å². The van der Waals surface area contributed by atoms with E-state index in [2.05, 4.69) is 80.3 Å². The van der Waals surface area contributed by atoms with Gasteiger partial charge < -0.3 is 4.74 Å². The molecule has 1 saturated carbocycles. The van der Waals surface area contributed by atoms with Crippen molar-refractivity contribution in [3.05, 3.63) is 57.7 Å². The molecule has 0 radical (unpaired) electrons. The maximum absolute atomic E-state index is 12.7. The number of carbonyl (C=O) groups is 1. The second kappa shape index (κ2) is 10.6. The van der Waals surface area contributed by atoms with E-state index in [1.807, 2.05) is 13.0 Å². The molecule has 2 nitrogen and oxygen atoms in total. The number of carbonyl (C=O) groups excluding carboxylic acids is 1.